The molecule has 2 rings (SSSR count). The van der Waals surface area contributed by atoms with Crippen molar-refractivity contribution in [2.75, 3.05) is 7.11 Å². The zero-order valence-electron chi connectivity index (χ0n) is 9.78. The average Bonchev–Trinajstić information content (AvgIpc) is 2.55. The fraction of sp³-hybridized carbons (Fsp3) is 0.385. The molecule has 16 heavy (non-hydrogen) atoms. The number of methoxy groups -OCH3 is 1. The van der Waals surface area contributed by atoms with Crippen molar-refractivity contribution in [3.8, 4) is 5.75 Å². The zero-order chi connectivity index (χ0) is 11.8. The summed E-state index contributed by atoms with van der Waals surface area (Å²) in [4.78, 5) is 0. The Labute approximate surface area is 94.6 Å². The topological polar surface area (TPSA) is 42.6 Å². The molecule has 1 aromatic carbocycles. The minimum absolute atomic E-state index is 0.504. The van der Waals surface area contributed by atoms with E-state index in [2.05, 4.69) is 0 Å². The molecule has 2 aromatic rings. The number of aliphatic hydroxyl groups is 1. The summed E-state index contributed by atoms with van der Waals surface area (Å²) in [6, 6.07) is 7.65. The molecule has 1 N–H and O–H groups in total. The van der Waals surface area contributed by atoms with Crippen LogP contribution in [0.4, 0.5) is 0 Å². The summed E-state index contributed by atoms with van der Waals surface area (Å²) in [5, 5.41) is 10.7. The smallest absolute Gasteiger partial charge is 0.137 e. The van der Waals surface area contributed by atoms with E-state index in [1.165, 1.54) is 0 Å². The predicted octanol–water partition coefficient (Wildman–Crippen LogP) is 2.75. The van der Waals surface area contributed by atoms with E-state index in [1.807, 2.05) is 24.3 Å². The molecule has 0 spiro atoms. The van der Waals surface area contributed by atoms with E-state index in [0.29, 0.717) is 6.42 Å². The van der Waals surface area contributed by atoms with Crippen molar-refractivity contribution in [2.24, 2.45) is 0 Å². The first-order valence-corrected chi connectivity index (χ1v) is 5.27. The van der Waals surface area contributed by atoms with Gasteiger partial charge in [-0.05, 0) is 32.0 Å². The third-order valence-electron chi connectivity index (χ3n) is 2.39. The van der Waals surface area contributed by atoms with Gasteiger partial charge < -0.3 is 14.3 Å². The first-order valence-electron chi connectivity index (χ1n) is 5.27. The maximum Gasteiger partial charge on any atom is 0.137 e. The molecule has 0 saturated carbocycles. The van der Waals surface area contributed by atoms with Crippen LogP contribution in [0.25, 0.3) is 11.0 Å². The van der Waals surface area contributed by atoms with E-state index in [0.717, 1.165) is 22.5 Å². The first kappa shape index (κ1) is 11.0. The molecule has 0 fully saturated rings. The van der Waals surface area contributed by atoms with Crippen LogP contribution >= 0.6 is 0 Å². The lowest BCUT2D eigenvalue weighted by atomic mass is 10.0. The van der Waals surface area contributed by atoms with Crippen molar-refractivity contribution >= 4 is 11.0 Å². The van der Waals surface area contributed by atoms with Crippen LogP contribution in [0.1, 0.15) is 19.6 Å². The molecule has 0 radical (unpaired) electrons. The van der Waals surface area contributed by atoms with Crippen molar-refractivity contribution in [1.82, 2.24) is 0 Å². The van der Waals surface area contributed by atoms with E-state index in [9.17, 15) is 5.11 Å². The highest BCUT2D eigenvalue weighted by molar-refractivity contribution is 5.79. The second-order valence-corrected chi connectivity index (χ2v) is 4.61. The van der Waals surface area contributed by atoms with Crippen molar-refractivity contribution in [3.05, 3.63) is 30.0 Å². The van der Waals surface area contributed by atoms with Gasteiger partial charge in [0.1, 0.15) is 17.1 Å². The maximum absolute atomic E-state index is 9.71. The van der Waals surface area contributed by atoms with E-state index in [4.69, 9.17) is 9.15 Å². The van der Waals surface area contributed by atoms with Crippen LogP contribution < -0.4 is 4.74 Å². The Kier molecular flexibility index (Phi) is 2.64. The number of hydrogen-bond donors (Lipinski definition) is 1. The van der Waals surface area contributed by atoms with Crippen LogP contribution in [0.5, 0.6) is 5.75 Å². The number of ether oxygens (including phenoxy) is 1. The van der Waals surface area contributed by atoms with Crippen molar-refractivity contribution in [3.63, 3.8) is 0 Å². The SMILES string of the molecule is COc1ccc2cc(CC(C)(C)O)oc2c1. The minimum Gasteiger partial charge on any atom is -0.497 e. The third-order valence-corrected chi connectivity index (χ3v) is 2.39. The first-order chi connectivity index (χ1) is 7.48. The summed E-state index contributed by atoms with van der Waals surface area (Å²) in [6.45, 7) is 3.53. The molecule has 0 atom stereocenters. The van der Waals surface area contributed by atoms with Crippen LogP contribution in [0.15, 0.2) is 28.7 Å². The molecule has 86 valence electrons. The second-order valence-electron chi connectivity index (χ2n) is 4.61. The Bertz CT molecular complexity index is 491. The van der Waals surface area contributed by atoms with E-state index in [1.54, 1.807) is 21.0 Å². The predicted molar refractivity (Wildman–Crippen MR) is 62.8 cm³/mol. The fourth-order valence-corrected chi connectivity index (χ4v) is 1.71. The summed E-state index contributed by atoms with van der Waals surface area (Å²) >= 11 is 0. The normalized spacial score (nSPS) is 12.0. The monoisotopic (exact) mass is 220 g/mol. The quantitative estimate of drug-likeness (QED) is 0.864. The van der Waals surface area contributed by atoms with Gasteiger partial charge in [0.15, 0.2) is 0 Å². The Hall–Kier alpha value is -1.48. The van der Waals surface area contributed by atoms with Gasteiger partial charge in [-0.15, -0.1) is 0 Å². The molecular weight excluding hydrogens is 204 g/mol. The number of benzene rings is 1. The number of hydrogen-bond acceptors (Lipinski definition) is 3. The Morgan fingerprint density at radius 1 is 1.31 bits per heavy atom. The van der Waals surface area contributed by atoms with Gasteiger partial charge in [0.25, 0.3) is 0 Å². The van der Waals surface area contributed by atoms with Crippen LogP contribution in [-0.4, -0.2) is 17.8 Å². The lowest BCUT2D eigenvalue weighted by molar-refractivity contribution is 0.0757. The van der Waals surface area contributed by atoms with Crippen LogP contribution in [0, 0.1) is 0 Å². The standard InChI is InChI=1S/C13H16O3/c1-13(2,14)8-11-6-9-4-5-10(15-3)7-12(9)16-11/h4-7,14H,8H2,1-3H3. The van der Waals surface area contributed by atoms with E-state index in [-0.39, 0.29) is 0 Å². The molecular formula is C13H16O3. The van der Waals surface area contributed by atoms with Gasteiger partial charge in [0.2, 0.25) is 0 Å². The maximum atomic E-state index is 9.71. The fourth-order valence-electron chi connectivity index (χ4n) is 1.71. The van der Waals surface area contributed by atoms with Crippen molar-refractivity contribution in [2.45, 2.75) is 25.9 Å². The number of fused-ring (bicyclic) bond motifs is 1. The summed E-state index contributed by atoms with van der Waals surface area (Å²) in [7, 11) is 1.63. The molecule has 0 saturated heterocycles. The van der Waals surface area contributed by atoms with Gasteiger partial charge in [0, 0.05) is 17.9 Å². The molecule has 3 nitrogen and oxygen atoms in total. The van der Waals surface area contributed by atoms with Gasteiger partial charge in [-0.2, -0.15) is 0 Å². The van der Waals surface area contributed by atoms with Gasteiger partial charge in [0.05, 0.1) is 12.7 Å². The Balaban J connectivity index is 2.36. The molecule has 3 heteroatoms. The van der Waals surface area contributed by atoms with E-state index < -0.39 is 5.60 Å². The van der Waals surface area contributed by atoms with Crippen molar-refractivity contribution < 1.29 is 14.3 Å². The summed E-state index contributed by atoms with van der Waals surface area (Å²) < 4.78 is 10.8. The lowest BCUT2D eigenvalue weighted by Crippen LogP contribution is -2.21. The summed E-state index contributed by atoms with van der Waals surface area (Å²) in [6.07, 6.45) is 0.504. The number of rotatable bonds is 3. The van der Waals surface area contributed by atoms with Gasteiger partial charge >= 0.3 is 0 Å². The molecule has 0 aliphatic heterocycles. The Morgan fingerprint density at radius 3 is 2.69 bits per heavy atom. The largest absolute Gasteiger partial charge is 0.497 e. The molecule has 1 heterocycles. The Morgan fingerprint density at radius 2 is 2.06 bits per heavy atom. The van der Waals surface area contributed by atoms with Gasteiger partial charge in [-0.25, -0.2) is 0 Å². The lowest BCUT2D eigenvalue weighted by Gasteiger charge is -2.14. The minimum atomic E-state index is -0.752. The third kappa shape index (κ3) is 2.36. The summed E-state index contributed by atoms with van der Waals surface area (Å²) in [5.74, 6) is 1.56. The molecule has 0 aliphatic carbocycles. The second kappa shape index (κ2) is 3.83. The molecule has 0 unspecified atom stereocenters. The van der Waals surface area contributed by atoms with Crippen molar-refractivity contribution in [1.29, 1.82) is 0 Å². The van der Waals surface area contributed by atoms with E-state index >= 15 is 0 Å². The zero-order valence-corrected chi connectivity index (χ0v) is 9.78. The van der Waals surface area contributed by atoms with Gasteiger partial charge in [-0.1, -0.05) is 0 Å². The highest BCUT2D eigenvalue weighted by Crippen LogP contribution is 2.26. The molecule has 0 amide bonds. The molecule has 1 aromatic heterocycles. The van der Waals surface area contributed by atoms with Gasteiger partial charge in [-0.3, -0.25) is 0 Å². The van der Waals surface area contributed by atoms with Crippen LogP contribution in [0.2, 0.25) is 0 Å². The highest BCUT2D eigenvalue weighted by atomic mass is 16.5. The highest BCUT2D eigenvalue weighted by Gasteiger charge is 2.16. The molecule has 0 aliphatic rings. The van der Waals surface area contributed by atoms with Crippen LogP contribution in [-0.2, 0) is 6.42 Å². The van der Waals surface area contributed by atoms with Crippen LogP contribution in [0.3, 0.4) is 0 Å². The number of furan rings is 1. The molecule has 0 bridgehead atoms. The summed E-state index contributed by atoms with van der Waals surface area (Å²) in [5.41, 5.74) is 0.0383. The average molecular weight is 220 g/mol.